The van der Waals surface area contributed by atoms with Gasteiger partial charge < -0.3 is 19.8 Å². The van der Waals surface area contributed by atoms with E-state index in [0.29, 0.717) is 6.61 Å². The molecule has 0 aliphatic carbocycles. The number of para-hydroxylation sites is 2. The van der Waals surface area contributed by atoms with Crippen LogP contribution in [-0.4, -0.2) is 32.2 Å². The van der Waals surface area contributed by atoms with Gasteiger partial charge in [-0.25, -0.2) is 15.0 Å². The van der Waals surface area contributed by atoms with Crippen molar-refractivity contribution in [3.63, 3.8) is 0 Å². The first kappa shape index (κ1) is 18.2. The number of hydrogen-bond acceptors (Lipinski definition) is 6. The summed E-state index contributed by atoms with van der Waals surface area (Å²) in [6, 6.07) is 17.8. The molecule has 0 saturated heterocycles. The normalized spacial score (nSPS) is 15.1. The summed E-state index contributed by atoms with van der Waals surface area (Å²) in [6.45, 7) is 1.24. The van der Waals surface area contributed by atoms with Crippen molar-refractivity contribution in [2.45, 2.75) is 19.1 Å². The number of nitrogens with two attached hydrogens (primary N) is 1. The third kappa shape index (κ3) is 3.57. The van der Waals surface area contributed by atoms with E-state index in [1.807, 2.05) is 60.9 Å². The van der Waals surface area contributed by atoms with Gasteiger partial charge in [0, 0.05) is 36.5 Å². The van der Waals surface area contributed by atoms with E-state index in [2.05, 4.69) is 19.5 Å². The van der Waals surface area contributed by atoms with Crippen molar-refractivity contribution in [2.24, 2.45) is 0 Å². The molecule has 3 heterocycles. The van der Waals surface area contributed by atoms with Gasteiger partial charge in [0.1, 0.15) is 12.7 Å². The standard InChI is InChI=1S/C23H21N5O2/c24-23-25-12-17(13-26-23)22-21(16-6-2-1-3-7-16)27-15-28(22)11-10-18-14-29-19-8-4-5-9-20(19)30-18/h1-9,12-13,15,18H,10-11,14H2,(H2,24,25,26)/t18-/m0/s1. The summed E-state index contributed by atoms with van der Waals surface area (Å²) in [7, 11) is 0. The summed E-state index contributed by atoms with van der Waals surface area (Å²) >= 11 is 0. The number of imidazole rings is 1. The average molecular weight is 399 g/mol. The van der Waals surface area contributed by atoms with Gasteiger partial charge in [0.25, 0.3) is 0 Å². The Morgan fingerprint density at radius 1 is 0.900 bits per heavy atom. The minimum Gasteiger partial charge on any atom is -0.486 e. The predicted molar refractivity (Wildman–Crippen MR) is 114 cm³/mol. The maximum absolute atomic E-state index is 6.11. The van der Waals surface area contributed by atoms with E-state index in [9.17, 15) is 0 Å². The Balaban J connectivity index is 1.42. The molecule has 0 spiro atoms. The van der Waals surface area contributed by atoms with Gasteiger partial charge in [0.15, 0.2) is 11.5 Å². The lowest BCUT2D eigenvalue weighted by atomic mass is 10.1. The zero-order chi connectivity index (χ0) is 20.3. The van der Waals surface area contributed by atoms with Gasteiger partial charge in [-0.2, -0.15) is 0 Å². The highest BCUT2D eigenvalue weighted by Crippen LogP contribution is 2.33. The van der Waals surface area contributed by atoms with Gasteiger partial charge in [0.2, 0.25) is 5.95 Å². The fourth-order valence-electron chi connectivity index (χ4n) is 3.61. The van der Waals surface area contributed by atoms with Crippen LogP contribution in [0.5, 0.6) is 11.5 Å². The van der Waals surface area contributed by atoms with Crippen LogP contribution in [0.4, 0.5) is 5.95 Å². The minimum atomic E-state index is -0.0296. The number of ether oxygens (including phenoxy) is 2. The number of fused-ring (bicyclic) bond motifs is 1. The molecule has 0 fully saturated rings. The van der Waals surface area contributed by atoms with E-state index in [1.165, 1.54) is 0 Å². The van der Waals surface area contributed by atoms with Crippen LogP contribution in [0, 0.1) is 0 Å². The first-order chi connectivity index (χ1) is 14.8. The van der Waals surface area contributed by atoms with Crippen molar-refractivity contribution in [3.8, 4) is 34.0 Å². The lowest BCUT2D eigenvalue weighted by molar-refractivity contribution is 0.0817. The Morgan fingerprint density at radius 3 is 2.43 bits per heavy atom. The van der Waals surface area contributed by atoms with Crippen LogP contribution in [0.25, 0.3) is 22.5 Å². The molecule has 7 heteroatoms. The molecule has 1 aliphatic heterocycles. The summed E-state index contributed by atoms with van der Waals surface area (Å²) in [5.41, 5.74) is 9.43. The van der Waals surface area contributed by atoms with E-state index in [1.54, 1.807) is 12.4 Å². The number of nitrogen functional groups attached to an aromatic ring is 1. The number of hydrogen-bond donors (Lipinski definition) is 1. The van der Waals surface area contributed by atoms with Gasteiger partial charge in [-0.05, 0) is 12.1 Å². The van der Waals surface area contributed by atoms with Crippen molar-refractivity contribution in [1.29, 1.82) is 0 Å². The highest BCUT2D eigenvalue weighted by Gasteiger charge is 2.22. The first-order valence-corrected chi connectivity index (χ1v) is 9.85. The third-order valence-electron chi connectivity index (χ3n) is 5.09. The topological polar surface area (TPSA) is 88.1 Å². The van der Waals surface area contributed by atoms with E-state index in [-0.39, 0.29) is 12.1 Å². The van der Waals surface area contributed by atoms with Crippen LogP contribution in [0.3, 0.4) is 0 Å². The molecule has 0 saturated carbocycles. The zero-order valence-electron chi connectivity index (χ0n) is 16.3. The molecule has 0 unspecified atom stereocenters. The summed E-state index contributed by atoms with van der Waals surface area (Å²) in [6.07, 6.45) is 6.07. The van der Waals surface area contributed by atoms with Gasteiger partial charge >= 0.3 is 0 Å². The predicted octanol–water partition coefficient (Wildman–Crippen LogP) is 3.82. The molecule has 0 radical (unpaired) electrons. The van der Waals surface area contributed by atoms with E-state index < -0.39 is 0 Å². The molecule has 2 N–H and O–H groups in total. The lowest BCUT2D eigenvalue weighted by Crippen LogP contribution is -2.30. The van der Waals surface area contributed by atoms with Crippen LogP contribution >= 0.6 is 0 Å². The van der Waals surface area contributed by atoms with E-state index in [4.69, 9.17) is 15.2 Å². The fourth-order valence-corrected chi connectivity index (χ4v) is 3.61. The summed E-state index contributed by atoms with van der Waals surface area (Å²) < 4.78 is 14.1. The maximum Gasteiger partial charge on any atom is 0.219 e. The number of aryl methyl sites for hydroxylation is 1. The second-order valence-electron chi connectivity index (χ2n) is 7.12. The largest absolute Gasteiger partial charge is 0.486 e. The number of benzene rings is 2. The smallest absolute Gasteiger partial charge is 0.219 e. The quantitative estimate of drug-likeness (QED) is 0.549. The third-order valence-corrected chi connectivity index (χ3v) is 5.09. The molecule has 2 aromatic heterocycles. The molecule has 1 aliphatic rings. The Bertz CT molecular complexity index is 1140. The highest BCUT2D eigenvalue weighted by molar-refractivity contribution is 5.78. The van der Waals surface area contributed by atoms with Crippen LogP contribution in [0.2, 0.25) is 0 Å². The van der Waals surface area contributed by atoms with Crippen LogP contribution < -0.4 is 15.2 Å². The Labute approximate surface area is 174 Å². The van der Waals surface area contributed by atoms with Crippen LogP contribution in [0.1, 0.15) is 6.42 Å². The molecular weight excluding hydrogens is 378 g/mol. The summed E-state index contributed by atoms with van der Waals surface area (Å²) in [4.78, 5) is 13.0. The van der Waals surface area contributed by atoms with Crippen molar-refractivity contribution >= 4 is 5.95 Å². The SMILES string of the molecule is Nc1ncc(-c2c(-c3ccccc3)ncn2CC[C@H]2COc3ccccc3O2)cn1. The number of rotatable bonds is 5. The Kier molecular flexibility index (Phi) is 4.77. The van der Waals surface area contributed by atoms with Crippen LogP contribution in [-0.2, 0) is 6.54 Å². The molecule has 0 amide bonds. The van der Waals surface area contributed by atoms with Crippen molar-refractivity contribution < 1.29 is 9.47 Å². The molecule has 30 heavy (non-hydrogen) atoms. The Morgan fingerprint density at radius 2 is 1.63 bits per heavy atom. The molecule has 1 atom stereocenters. The molecule has 2 aromatic carbocycles. The minimum absolute atomic E-state index is 0.0296. The lowest BCUT2D eigenvalue weighted by Gasteiger charge is -2.26. The second kappa shape index (κ2) is 7.87. The van der Waals surface area contributed by atoms with Gasteiger partial charge in [0.05, 0.1) is 17.7 Å². The summed E-state index contributed by atoms with van der Waals surface area (Å²) in [5, 5.41) is 0. The van der Waals surface area contributed by atoms with Crippen LogP contribution in [0.15, 0.2) is 73.3 Å². The average Bonchev–Trinajstić information content (AvgIpc) is 3.22. The van der Waals surface area contributed by atoms with Gasteiger partial charge in [-0.15, -0.1) is 0 Å². The zero-order valence-corrected chi connectivity index (χ0v) is 16.3. The van der Waals surface area contributed by atoms with Crippen molar-refractivity contribution in [1.82, 2.24) is 19.5 Å². The number of anilines is 1. The fraction of sp³-hybridized carbons (Fsp3) is 0.174. The van der Waals surface area contributed by atoms with Crippen molar-refractivity contribution in [3.05, 3.63) is 73.3 Å². The van der Waals surface area contributed by atoms with Gasteiger partial charge in [-0.3, -0.25) is 0 Å². The van der Waals surface area contributed by atoms with E-state index >= 15 is 0 Å². The van der Waals surface area contributed by atoms with Gasteiger partial charge in [-0.1, -0.05) is 42.5 Å². The molecule has 0 bridgehead atoms. The molecule has 4 aromatic rings. The maximum atomic E-state index is 6.11. The summed E-state index contributed by atoms with van der Waals surface area (Å²) in [5.74, 6) is 1.83. The Hall–Kier alpha value is -3.87. The number of aromatic nitrogens is 4. The monoisotopic (exact) mass is 399 g/mol. The highest BCUT2D eigenvalue weighted by atomic mass is 16.6. The number of nitrogens with zero attached hydrogens (tertiary/aromatic N) is 4. The van der Waals surface area contributed by atoms with Crippen molar-refractivity contribution in [2.75, 3.05) is 12.3 Å². The van der Waals surface area contributed by atoms with E-state index in [0.717, 1.165) is 47.0 Å². The molecular formula is C23H21N5O2. The first-order valence-electron chi connectivity index (χ1n) is 9.85. The molecule has 5 rings (SSSR count). The molecule has 7 nitrogen and oxygen atoms in total. The second-order valence-corrected chi connectivity index (χ2v) is 7.12. The molecule has 150 valence electrons.